The van der Waals surface area contributed by atoms with Crippen LogP contribution in [0.4, 0.5) is 5.69 Å². The second kappa shape index (κ2) is 10.3. The summed E-state index contributed by atoms with van der Waals surface area (Å²) in [5, 5.41) is 2.79. The van der Waals surface area contributed by atoms with Crippen molar-refractivity contribution in [2.75, 3.05) is 31.6 Å². The van der Waals surface area contributed by atoms with Crippen molar-refractivity contribution in [2.24, 2.45) is 0 Å². The van der Waals surface area contributed by atoms with Crippen LogP contribution in [0.1, 0.15) is 42.6 Å². The molecule has 3 rings (SSSR count). The molecule has 1 atom stereocenters. The predicted octanol–water partition coefficient (Wildman–Crippen LogP) is 3.84. The van der Waals surface area contributed by atoms with Crippen molar-refractivity contribution < 1.29 is 22.7 Å². The summed E-state index contributed by atoms with van der Waals surface area (Å²) in [5.41, 5.74) is 1.52. The molecule has 7 nitrogen and oxygen atoms in total. The van der Waals surface area contributed by atoms with Crippen molar-refractivity contribution in [3.63, 3.8) is 0 Å². The van der Waals surface area contributed by atoms with Gasteiger partial charge in [0.2, 0.25) is 10.0 Å². The molecule has 0 aliphatic carbocycles. The van der Waals surface area contributed by atoms with Crippen LogP contribution in [0.2, 0.25) is 0 Å². The van der Waals surface area contributed by atoms with E-state index in [9.17, 15) is 13.2 Å². The second-order valence-electron chi connectivity index (χ2n) is 7.49. The lowest BCUT2D eigenvalue weighted by Gasteiger charge is -2.20. The zero-order chi connectivity index (χ0) is 22.4. The third-order valence-electron chi connectivity index (χ3n) is 5.35. The standard InChI is InChI=1S/C23H30N2O5S/c1-4-25(5-2)31(27,28)22-15-19(11-8-17(22)3)24-23(26)18-9-12-20(13-10-18)30-16-21-7-6-14-29-21/h8-13,15,21H,4-7,14,16H2,1-3H3,(H,24,26). The third kappa shape index (κ3) is 5.64. The molecule has 0 spiro atoms. The summed E-state index contributed by atoms with van der Waals surface area (Å²) < 4.78 is 38.5. The quantitative estimate of drug-likeness (QED) is 0.633. The van der Waals surface area contributed by atoms with Crippen molar-refractivity contribution in [2.45, 2.75) is 44.6 Å². The van der Waals surface area contributed by atoms with Gasteiger partial charge in [-0.05, 0) is 61.7 Å². The zero-order valence-electron chi connectivity index (χ0n) is 18.3. The smallest absolute Gasteiger partial charge is 0.255 e. The molecule has 0 bridgehead atoms. The summed E-state index contributed by atoms with van der Waals surface area (Å²) in [4.78, 5) is 12.9. The first-order valence-corrected chi connectivity index (χ1v) is 12.1. The maximum absolute atomic E-state index is 12.9. The Labute approximate surface area is 184 Å². The SMILES string of the molecule is CCN(CC)S(=O)(=O)c1cc(NC(=O)c2ccc(OCC3CCCO3)cc2)ccc1C. The topological polar surface area (TPSA) is 84.9 Å². The number of hydrogen-bond donors (Lipinski definition) is 1. The Morgan fingerprint density at radius 1 is 1.16 bits per heavy atom. The molecule has 1 unspecified atom stereocenters. The van der Waals surface area contributed by atoms with Gasteiger partial charge < -0.3 is 14.8 Å². The minimum absolute atomic E-state index is 0.131. The minimum atomic E-state index is -3.62. The monoisotopic (exact) mass is 446 g/mol. The molecule has 1 heterocycles. The third-order valence-corrected chi connectivity index (χ3v) is 7.54. The van der Waals surface area contributed by atoms with Crippen LogP contribution < -0.4 is 10.1 Å². The van der Waals surface area contributed by atoms with Gasteiger partial charge in [-0.25, -0.2) is 8.42 Å². The second-order valence-corrected chi connectivity index (χ2v) is 9.40. The number of aryl methyl sites for hydroxylation is 1. The van der Waals surface area contributed by atoms with Crippen LogP contribution in [0.25, 0.3) is 0 Å². The summed E-state index contributed by atoms with van der Waals surface area (Å²) >= 11 is 0. The molecular weight excluding hydrogens is 416 g/mol. The summed E-state index contributed by atoms with van der Waals surface area (Å²) in [6.07, 6.45) is 2.19. The highest BCUT2D eigenvalue weighted by molar-refractivity contribution is 7.89. The normalized spacial score (nSPS) is 16.5. The molecule has 8 heteroatoms. The number of amides is 1. The average molecular weight is 447 g/mol. The Hall–Kier alpha value is -2.42. The number of nitrogens with zero attached hydrogens (tertiary/aromatic N) is 1. The maximum atomic E-state index is 12.9. The van der Waals surface area contributed by atoms with Gasteiger partial charge in [0.15, 0.2) is 0 Å². The lowest BCUT2D eigenvalue weighted by atomic mass is 10.2. The number of sulfonamides is 1. The predicted molar refractivity (Wildman–Crippen MR) is 120 cm³/mol. The van der Waals surface area contributed by atoms with E-state index < -0.39 is 10.0 Å². The molecule has 2 aromatic rings. The van der Waals surface area contributed by atoms with Crippen LogP contribution in [0.15, 0.2) is 47.4 Å². The fourth-order valence-corrected chi connectivity index (χ4v) is 5.24. The Morgan fingerprint density at radius 2 is 1.87 bits per heavy atom. The van der Waals surface area contributed by atoms with Crippen molar-refractivity contribution in [3.8, 4) is 5.75 Å². The Bertz CT molecular complexity index is 995. The number of benzene rings is 2. The Kier molecular flexibility index (Phi) is 7.69. The molecule has 0 saturated carbocycles. The first-order valence-electron chi connectivity index (χ1n) is 10.6. The lowest BCUT2D eigenvalue weighted by molar-refractivity contribution is 0.0679. The highest BCUT2D eigenvalue weighted by Crippen LogP contribution is 2.24. The molecular formula is C23H30N2O5S. The fraction of sp³-hybridized carbons (Fsp3) is 0.435. The summed E-state index contributed by atoms with van der Waals surface area (Å²) in [6, 6.07) is 11.8. The van der Waals surface area contributed by atoms with Crippen molar-refractivity contribution >= 4 is 21.6 Å². The summed E-state index contributed by atoms with van der Waals surface area (Å²) in [6.45, 7) is 7.40. The van der Waals surface area contributed by atoms with Crippen LogP contribution >= 0.6 is 0 Å². The number of ether oxygens (including phenoxy) is 2. The van der Waals surface area contributed by atoms with Crippen LogP contribution in [-0.2, 0) is 14.8 Å². The van der Waals surface area contributed by atoms with Crippen LogP contribution in [0.5, 0.6) is 5.75 Å². The van der Waals surface area contributed by atoms with E-state index in [0.29, 0.717) is 42.3 Å². The average Bonchev–Trinajstić information content (AvgIpc) is 3.28. The summed E-state index contributed by atoms with van der Waals surface area (Å²) in [7, 11) is -3.62. The summed E-state index contributed by atoms with van der Waals surface area (Å²) in [5.74, 6) is 0.357. The van der Waals surface area contributed by atoms with Crippen LogP contribution in [-0.4, -0.2) is 51.0 Å². The number of anilines is 1. The molecule has 2 aromatic carbocycles. The highest BCUT2D eigenvalue weighted by atomic mass is 32.2. The van der Waals surface area contributed by atoms with E-state index in [4.69, 9.17) is 9.47 Å². The Morgan fingerprint density at radius 3 is 2.48 bits per heavy atom. The molecule has 1 fully saturated rings. The molecule has 0 aromatic heterocycles. The van der Waals surface area contributed by atoms with E-state index in [1.807, 2.05) is 0 Å². The lowest BCUT2D eigenvalue weighted by Crippen LogP contribution is -2.31. The molecule has 1 aliphatic heterocycles. The Balaban J connectivity index is 1.68. The van der Waals surface area contributed by atoms with Gasteiger partial charge in [0, 0.05) is 30.9 Å². The van der Waals surface area contributed by atoms with Crippen molar-refractivity contribution in [3.05, 3.63) is 53.6 Å². The van der Waals surface area contributed by atoms with Gasteiger partial charge in [-0.3, -0.25) is 4.79 Å². The van der Waals surface area contributed by atoms with E-state index in [-0.39, 0.29) is 16.9 Å². The highest BCUT2D eigenvalue weighted by Gasteiger charge is 2.24. The number of hydrogen-bond acceptors (Lipinski definition) is 5. The maximum Gasteiger partial charge on any atom is 0.255 e. The van der Waals surface area contributed by atoms with E-state index in [1.165, 1.54) is 10.4 Å². The first-order chi connectivity index (χ1) is 14.8. The number of rotatable bonds is 9. The largest absolute Gasteiger partial charge is 0.491 e. The molecule has 1 saturated heterocycles. The minimum Gasteiger partial charge on any atom is -0.491 e. The van der Waals surface area contributed by atoms with Gasteiger partial charge >= 0.3 is 0 Å². The van der Waals surface area contributed by atoms with Gasteiger partial charge in [-0.2, -0.15) is 4.31 Å². The number of carbonyl (C=O) groups excluding carboxylic acids is 1. The van der Waals surface area contributed by atoms with Gasteiger partial charge in [0.1, 0.15) is 12.4 Å². The van der Waals surface area contributed by atoms with E-state index in [1.54, 1.807) is 57.2 Å². The van der Waals surface area contributed by atoms with Gasteiger partial charge in [0.25, 0.3) is 5.91 Å². The zero-order valence-corrected chi connectivity index (χ0v) is 19.1. The van der Waals surface area contributed by atoms with E-state index in [0.717, 1.165) is 19.4 Å². The van der Waals surface area contributed by atoms with Gasteiger partial charge in [0.05, 0.1) is 11.0 Å². The molecule has 1 amide bonds. The molecule has 1 aliphatic rings. The number of carbonyl (C=O) groups is 1. The van der Waals surface area contributed by atoms with Crippen LogP contribution in [0.3, 0.4) is 0 Å². The van der Waals surface area contributed by atoms with Crippen molar-refractivity contribution in [1.29, 1.82) is 0 Å². The van der Waals surface area contributed by atoms with Gasteiger partial charge in [-0.15, -0.1) is 0 Å². The van der Waals surface area contributed by atoms with E-state index >= 15 is 0 Å². The molecule has 1 N–H and O–H groups in total. The number of nitrogens with one attached hydrogen (secondary N) is 1. The first kappa shape index (κ1) is 23.2. The van der Waals surface area contributed by atoms with E-state index in [2.05, 4.69) is 5.32 Å². The fourth-order valence-electron chi connectivity index (χ4n) is 3.53. The van der Waals surface area contributed by atoms with Crippen LogP contribution in [0, 0.1) is 6.92 Å². The van der Waals surface area contributed by atoms with Gasteiger partial charge in [-0.1, -0.05) is 19.9 Å². The molecule has 0 radical (unpaired) electrons. The van der Waals surface area contributed by atoms with Crippen molar-refractivity contribution in [1.82, 2.24) is 4.31 Å². The molecule has 31 heavy (non-hydrogen) atoms. The molecule has 168 valence electrons.